The van der Waals surface area contributed by atoms with Gasteiger partial charge in [-0.25, -0.2) is 0 Å². The van der Waals surface area contributed by atoms with E-state index in [0.29, 0.717) is 5.69 Å². The van der Waals surface area contributed by atoms with Gasteiger partial charge in [-0.15, -0.1) is 10.2 Å². The van der Waals surface area contributed by atoms with E-state index in [1.165, 1.54) is 12.1 Å². The number of phenols is 2. The summed E-state index contributed by atoms with van der Waals surface area (Å²) in [7, 11) is 0. The average Bonchev–Trinajstić information content (AvgIpc) is 2.47. The van der Waals surface area contributed by atoms with E-state index in [0.717, 1.165) is 10.8 Å². The van der Waals surface area contributed by atoms with Crippen molar-refractivity contribution in [1.29, 1.82) is 0 Å². The lowest BCUT2D eigenvalue weighted by atomic mass is 10.1. The maximum absolute atomic E-state index is 9.67. The third kappa shape index (κ3) is 2.19. The van der Waals surface area contributed by atoms with Crippen molar-refractivity contribution in [2.24, 2.45) is 10.2 Å². The summed E-state index contributed by atoms with van der Waals surface area (Å²) in [4.78, 5) is 0. The summed E-state index contributed by atoms with van der Waals surface area (Å²) in [6.45, 7) is 0. The minimum atomic E-state index is -0.103. The largest absolute Gasteiger partial charge is 0.505 e. The molecule has 0 aliphatic heterocycles. The van der Waals surface area contributed by atoms with Crippen molar-refractivity contribution in [1.82, 2.24) is 0 Å². The third-order valence-corrected chi connectivity index (χ3v) is 3.02. The molecule has 0 saturated carbocycles. The zero-order chi connectivity index (χ0) is 13.9. The van der Waals surface area contributed by atoms with Crippen molar-refractivity contribution in [3.05, 3.63) is 60.7 Å². The van der Waals surface area contributed by atoms with Crippen molar-refractivity contribution >= 4 is 22.1 Å². The number of azo groups is 1. The number of fused-ring (bicyclic) bond motifs is 1. The molecular weight excluding hydrogens is 252 g/mol. The fourth-order valence-electron chi connectivity index (χ4n) is 2.02. The molecule has 0 atom stereocenters. The molecule has 3 rings (SSSR count). The molecule has 0 saturated heterocycles. The number of aromatic hydroxyl groups is 2. The molecule has 4 heteroatoms. The van der Waals surface area contributed by atoms with Crippen LogP contribution in [0.4, 0.5) is 11.4 Å². The van der Waals surface area contributed by atoms with Crippen molar-refractivity contribution in [3.63, 3.8) is 0 Å². The van der Waals surface area contributed by atoms with E-state index in [1.807, 2.05) is 42.5 Å². The summed E-state index contributed by atoms with van der Waals surface area (Å²) < 4.78 is 0. The molecule has 0 unspecified atom stereocenters. The lowest BCUT2D eigenvalue weighted by Crippen LogP contribution is -1.73. The first-order valence-corrected chi connectivity index (χ1v) is 6.16. The van der Waals surface area contributed by atoms with Gasteiger partial charge in [0.05, 0.1) is 5.69 Å². The van der Waals surface area contributed by atoms with Gasteiger partial charge in [-0.2, -0.15) is 0 Å². The van der Waals surface area contributed by atoms with Crippen molar-refractivity contribution < 1.29 is 10.2 Å². The molecule has 0 fully saturated rings. The van der Waals surface area contributed by atoms with Gasteiger partial charge >= 0.3 is 0 Å². The van der Waals surface area contributed by atoms with E-state index in [-0.39, 0.29) is 17.2 Å². The summed E-state index contributed by atoms with van der Waals surface area (Å²) >= 11 is 0. The number of nitrogens with zero attached hydrogens (tertiary/aromatic N) is 2. The zero-order valence-electron chi connectivity index (χ0n) is 10.6. The normalized spacial score (nSPS) is 11.2. The Kier molecular flexibility index (Phi) is 3.05. The maximum Gasteiger partial charge on any atom is 0.169 e. The van der Waals surface area contributed by atoms with Crippen LogP contribution in [-0.2, 0) is 0 Å². The molecule has 0 aliphatic carbocycles. The molecule has 0 radical (unpaired) electrons. The summed E-state index contributed by atoms with van der Waals surface area (Å²) in [5.74, 6) is -0.206. The highest BCUT2D eigenvalue weighted by Gasteiger charge is 2.05. The summed E-state index contributed by atoms with van der Waals surface area (Å²) in [6, 6.07) is 18.0. The molecule has 0 heterocycles. The van der Waals surface area contributed by atoms with Gasteiger partial charge in [0.2, 0.25) is 0 Å². The van der Waals surface area contributed by atoms with Gasteiger partial charge in [-0.05, 0) is 23.6 Å². The standard InChI is InChI=1S/C16H12N2O2/c19-14-9-4-10-15(20)16(14)18-17-13-8-3-6-11-5-1-2-7-12(11)13/h1-10,19-20H. The number of phenolic OH excluding ortho intramolecular Hbond substituents is 2. The van der Waals surface area contributed by atoms with Crippen LogP contribution in [0, 0.1) is 0 Å². The van der Waals surface area contributed by atoms with E-state index in [1.54, 1.807) is 6.07 Å². The van der Waals surface area contributed by atoms with Gasteiger partial charge in [0.25, 0.3) is 0 Å². The van der Waals surface area contributed by atoms with Crippen molar-refractivity contribution in [2.75, 3.05) is 0 Å². The van der Waals surface area contributed by atoms with E-state index >= 15 is 0 Å². The number of hydrogen-bond donors (Lipinski definition) is 2. The van der Waals surface area contributed by atoms with Crippen LogP contribution in [0.1, 0.15) is 0 Å². The highest BCUT2D eigenvalue weighted by atomic mass is 16.3. The maximum atomic E-state index is 9.67. The Bertz CT molecular complexity index is 772. The van der Waals surface area contributed by atoms with Crippen molar-refractivity contribution in [2.45, 2.75) is 0 Å². The molecule has 4 nitrogen and oxygen atoms in total. The Hall–Kier alpha value is -2.88. The van der Waals surface area contributed by atoms with Crippen LogP contribution in [0.25, 0.3) is 10.8 Å². The Labute approximate surface area is 115 Å². The van der Waals surface area contributed by atoms with Gasteiger partial charge in [-0.3, -0.25) is 0 Å². The number of hydrogen-bond acceptors (Lipinski definition) is 4. The van der Waals surface area contributed by atoms with Crippen LogP contribution in [0.2, 0.25) is 0 Å². The predicted octanol–water partition coefficient (Wildman–Crippen LogP) is 4.67. The van der Waals surface area contributed by atoms with Gasteiger partial charge in [-0.1, -0.05) is 42.5 Å². The predicted molar refractivity (Wildman–Crippen MR) is 77.9 cm³/mol. The molecule has 0 aliphatic rings. The van der Waals surface area contributed by atoms with Crippen LogP contribution >= 0.6 is 0 Å². The summed E-state index contributed by atoms with van der Waals surface area (Å²) in [6.07, 6.45) is 0. The van der Waals surface area contributed by atoms with Gasteiger partial charge < -0.3 is 10.2 Å². The highest BCUT2D eigenvalue weighted by Crippen LogP contribution is 2.37. The van der Waals surface area contributed by atoms with Crippen molar-refractivity contribution in [3.8, 4) is 11.5 Å². The summed E-state index contributed by atoms with van der Waals surface area (Å²) in [5, 5.41) is 29.4. The van der Waals surface area contributed by atoms with Crippen LogP contribution in [0.15, 0.2) is 70.9 Å². The zero-order valence-corrected chi connectivity index (χ0v) is 10.6. The Morgan fingerprint density at radius 1 is 0.650 bits per heavy atom. The fraction of sp³-hybridized carbons (Fsp3) is 0. The Morgan fingerprint density at radius 2 is 1.30 bits per heavy atom. The highest BCUT2D eigenvalue weighted by molar-refractivity contribution is 5.92. The lowest BCUT2D eigenvalue weighted by molar-refractivity contribution is 0.452. The first kappa shape index (κ1) is 12.2. The van der Waals surface area contributed by atoms with Crippen LogP contribution in [0.3, 0.4) is 0 Å². The molecule has 0 spiro atoms. The molecular formula is C16H12N2O2. The van der Waals surface area contributed by atoms with E-state index in [9.17, 15) is 10.2 Å². The van der Waals surface area contributed by atoms with Gasteiger partial charge in [0.1, 0.15) is 11.5 Å². The van der Waals surface area contributed by atoms with Gasteiger partial charge in [0.15, 0.2) is 5.69 Å². The van der Waals surface area contributed by atoms with Crippen LogP contribution < -0.4 is 0 Å². The monoisotopic (exact) mass is 264 g/mol. The second-order valence-electron chi connectivity index (χ2n) is 4.34. The molecule has 0 bridgehead atoms. The smallest absolute Gasteiger partial charge is 0.169 e. The second-order valence-corrected chi connectivity index (χ2v) is 4.34. The van der Waals surface area contributed by atoms with Crippen LogP contribution in [0.5, 0.6) is 11.5 Å². The molecule has 0 amide bonds. The van der Waals surface area contributed by atoms with Gasteiger partial charge in [0, 0.05) is 5.39 Å². The first-order valence-electron chi connectivity index (χ1n) is 6.16. The SMILES string of the molecule is Oc1cccc(O)c1N=Nc1cccc2ccccc12. The second kappa shape index (κ2) is 5.01. The molecule has 3 aromatic rings. The average molecular weight is 264 g/mol. The first-order chi connectivity index (χ1) is 9.75. The molecule has 3 aromatic carbocycles. The van der Waals surface area contributed by atoms with Crippen LogP contribution in [-0.4, -0.2) is 10.2 Å². The minimum Gasteiger partial charge on any atom is -0.505 e. The Morgan fingerprint density at radius 3 is 2.10 bits per heavy atom. The number of benzene rings is 3. The summed E-state index contributed by atoms with van der Waals surface area (Å²) in [5.41, 5.74) is 0.756. The third-order valence-electron chi connectivity index (χ3n) is 3.02. The minimum absolute atomic E-state index is 0.0698. The quantitative estimate of drug-likeness (QED) is 0.661. The fourth-order valence-corrected chi connectivity index (χ4v) is 2.02. The molecule has 20 heavy (non-hydrogen) atoms. The molecule has 2 N–H and O–H groups in total. The molecule has 0 aromatic heterocycles. The number of rotatable bonds is 2. The lowest BCUT2D eigenvalue weighted by Gasteiger charge is -2.02. The van der Waals surface area contributed by atoms with E-state index < -0.39 is 0 Å². The topological polar surface area (TPSA) is 65.2 Å². The van der Waals surface area contributed by atoms with E-state index in [4.69, 9.17) is 0 Å². The Balaban J connectivity index is 2.07. The van der Waals surface area contributed by atoms with E-state index in [2.05, 4.69) is 10.2 Å². The molecule has 98 valence electrons.